The fourth-order valence-electron chi connectivity index (χ4n) is 2.58. The lowest BCUT2D eigenvalue weighted by molar-refractivity contribution is -0.131. The molecule has 98 valence electrons. The van der Waals surface area contributed by atoms with Crippen molar-refractivity contribution < 1.29 is 4.79 Å². The van der Waals surface area contributed by atoms with E-state index < -0.39 is 0 Å². The summed E-state index contributed by atoms with van der Waals surface area (Å²) in [6.07, 6.45) is 6.46. The Kier molecular flexibility index (Phi) is 3.32. The minimum atomic E-state index is 0.242. The van der Waals surface area contributed by atoms with Gasteiger partial charge in [-0.3, -0.25) is 9.89 Å². The van der Waals surface area contributed by atoms with E-state index in [-0.39, 0.29) is 5.91 Å². The molecule has 0 aromatic carbocycles. The highest BCUT2D eigenvalue weighted by Gasteiger charge is 2.27. The van der Waals surface area contributed by atoms with E-state index in [0.717, 1.165) is 31.6 Å². The monoisotopic (exact) mass is 248 g/mol. The van der Waals surface area contributed by atoms with Gasteiger partial charge in [-0.25, -0.2) is 0 Å². The standard InChI is InChI=1S/C13H20N4O/c18-13(8-14-11-3-4-11)17-7-1-2-10(9-17)12-5-6-15-16-12/h5-6,10-11,14H,1-4,7-9H2,(H,15,16). The minimum absolute atomic E-state index is 0.242. The summed E-state index contributed by atoms with van der Waals surface area (Å²) in [5.74, 6) is 0.664. The summed E-state index contributed by atoms with van der Waals surface area (Å²) in [5, 5.41) is 10.3. The SMILES string of the molecule is O=C(CNC1CC1)N1CCCC(c2ccn[nH]2)C1. The lowest BCUT2D eigenvalue weighted by Crippen LogP contribution is -2.43. The number of hydrogen-bond donors (Lipinski definition) is 2. The van der Waals surface area contributed by atoms with Gasteiger partial charge >= 0.3 is 0 Å². The molecule has 5 heteroatoms. The van der Waals surface area contributed by atoms with Crippen molar-refractivity contribution in [3.05, 3.63) is 18.0 Å². The first-order chi connectivity index (χ1) is 8.83. The second kappa shape index (κ2) is 5.10. The van der Waals surface area contributed by atoms with Gasteiger partial charge in [-0.2, -0.15) is 5.10 Å². The lowest BCUT2D eigenvalue weighted by atomic mass is 9.95. The number of carbonyl (C=O) groups is 1. The van der Waals surface area contributed by atoms with Gasteiger partial charge < -0.3 is 10.2 Å². The number of nitrogens with one attached hydrogen (secondary N) is 2. The second-order valence-corrected chi connectivity index (χ2v) is 5.35. The fraction of sp³-hybridized carbons (Fsp3) is 0.692. The first kappa shape index (κ1) is 11.7. The van der Waals surface area contributed by atoms with Crippen LogP contribution >= 0.6 is 0 Å². The zero-order valence-corrected chi connectivity index (χ0v) is 10.6. The van der Waals surface area contributed by atoms with Crippen molar-refractivity contribution in [2.75, 3.05) is 19.6 Å². The van der Waals surface area contributed by atoms with E-state index in [1.165, 1.54) is 12.8 Å². The van der Waals surface area contributed by atoms with Gasteiger partial charge in [0, 0.05) is 36.9 Å². The number of nitrogens with zero attached hydrogens (tertiary/aromatic N) is 2. The van der Waals surface area contributed by atoms with E-state index in [4.69, 9.17) is 0 Å². The van der Waals surface area contributed by atoms with Gasteiger partial charge in [0.15, 0.2) is 0 Å². The largest absolute Gasteiger partial charge is 0.341 e. The van der Waals surface area contributed by atoms with Crippen LogP contribution in [0.25, 0.3) is 0 Å². The summed E-state index contributed by atoms with van der Waals surface area (Å²) in [6.45, 7) is 2.23. The molecule has 1 saturated heterocycles. The Balaban J connectivity index is 1.54. The van der Waals surface area contributed by atoms with Crippen molar-refractivity contribution in [1.82, 2.24) is 20.4 Å². The zero-order chi connectivity index (χ0) is 12.4. The van der Waals surface area contributed by atoms with Gasteiger partial charge in [0.1, 0.15) is 0 Å². The van der Waals surface area contributed by atoms with E-state index in [1.807, 2.05) is 11.0 Å². The van der Waals surface area contributed by atoms with Crippen molar-refractivity contribution in [3.63, 3.8) is 0 Å². The number of H-pyrrole nitrogens is 1. The third kappa shape index (κ3) is 2.72. The molecule has 2 aliphatic rings. The maximum atomic E-state index is 12.1. The van der Waals surface area contributed by atoms with Crippen molar-refractivity contribution in [2.45, 2.75) is 37.6 Å². The first-order valence-corrected chi connectivity index (χ1v) is 6.83. The van der Waals surface area contributed by atoms with Crippen LogP contribution in [0.2, 0.25) is 0 Å². The third-order valence-electron chi connectivity index (χ3n) is 3.86. The molecule has 1 atom stereocenters. The molecule has 1 aromatic rings. The highest BCUT2D eigenvalue weighted by atomic mass is 16.2. The number of piperidine rings is 1. The van der Waals surface area contributed by atoms with E-state index in [1.54, 1.807) is 6.20 Å². The molecular formula is C13H20N4O. The summed E-state index contributed by atoms with van der Waals surface area (Å²) in [7, 11) is 0. The van der Waals surface area contributed by atoms with Gasteiger partial charge in [-0.15, -0.1) is 0 Å². The number of likely N-dealkylation sites (tertiary alicyclic amines) is 1. The Labute approximate surface area is 107 Å². The van der Waals surface area contributed by atoms with Crippen LogP contribution in [0.15, 0.2) is 12.3 Å². The van der Waals surface area contributed by atoms with Crippen molar-refractivity contribution in [2.24, 2.45) is 0 Å². The van der Waals surface area contributed by atoms with E-state index in [9.17, 15) is 4.79 Å². The molecule has 1 aromatic heterocycles. The molecule has 5 nitrogen and oxygen atoms in total. The number of rotatable bonds is 4. The summed E-state index contributed by atoms with van der Waals surface area (Å²) in [4.78, 5) is 14.1. The van der Waals surface area contributed by atoms with Crippen molar-refractivity contribution >= 4 is 5.91 Å². The molecule has 18 heavy (non-hydrogen) atoms. The smallest absolute Gasteiger partial charge is 0.236 e. The Morgan fingerprint density at radius 1 is 1.50 bits per heavy atom. The van der Waals surface area contributed by atoms with Crippen LogP contribution in [0.1, 0.15) is 37.3 Å². The number of aromatic amines is 1. The van der Waals surface area contributed by atoms with Crippen LogP contribution in [0.5, 0.6) is 0 Å². The molecule has 1 saturated carbocycles. The molecule has 2 N–H and O–H groups in total. The van der Waals surface area contributed by atoms with Crippen molar-refractivity contribution in [1.29, 1.82) is 0 Å². The normalized spacial score (nSPS) is 24.2. The Morgan fingerprint density at radius 2 is 2.39 bits per heavy atom. The Morgan fingerprint density at radius 3 is 3.11 bits per heavy atom. The molecule has 0 bridgehead atoms. The van der Waals surface area contributed by atoms with E-state index in [0.29, 0.717) is 18.5 Å². The molecule has 1 aliphatic carbocycles. The molecule has 1 amide bonds. The predicted molar refractivity (Wildman–Crippen MR) is 68.2 cm³/mol. The molecule has 2 fully saturated rings. The zero-order valence-electron chi connectivity index (χ0n) is 10.6. The van der Waals surface area contributed by atoms with Gasteiger partial charge in [0.05, 0.1) is 6.54 Å². The Bertz CT molecular complexity index is 399. The van der Waals surface area contributed by atoms with E-state index in [2.05, 4.69) is 15.5 Å². The maximum Gasteiger partial charge on any atom is 0.236 e. The highest BCUT2D eigenvalue weighted by molar-refractivity contribution is 5.78. The predicted octanol–water partition coefficient (Wildman–Crippen LogP) is 0.868. The molecule has 1 unspecified atom stereocenters. The number of amides is 1. The van der Waals surface area contributed by atoms with Crippen LogP contribution in [-0.4, -0.2) is 46.7 Å². The minimum Gasteiger partial charge on any atom is -0.341 e. The first-order valence-electron chi connectivity index (χ1n) is 6.83. The van der Waals surface area contributed by atoms with Crippen LogP contribution in [0, 0.1) is 0 Å². The number of aromatic nitrogens is 2. The van der Waals surface area contributed by atoms with E-state index >= 15 is 0 Å². The Hall–Kier alpha value is -1.36. The number of carbonyl (C=O) groups excluding carboxylic acids is 1. The molecule has 3 rings (SSSR count). The second-order valence-electron chi connectivity index (χ2n) is 5.35. The maximum absolute atomic E-state index is 12.1. The van der Waals surface area contributed by atoms with Gasteiger partial charge in [0.25, 0.3) is 0 Å². The molecular weight excluding hydrogens is 228 g/mol. The average Bonchev–Trinajstić information content (AvgIpc) is 3.08. The summed E-state index contributed by atoms with van der Waals surface area (Å²) >= 11 is 0. The molecule has 0 spiro atoms. The van der Waals surface area contributed by atoms with Crippen molar-refractivity contribution in [3.8, 4) is 0 Å². The summed E-state index contributed by atoms with van der Waals surface area (Å²) in [5.41, 5.74) is 1.16. The molecule has 2 heterocycles. The lowest BCUT2D eigenvalue weighted by Gasteiger charge is -2.32. The quantitative estimate of drug-likeness (QED) is 0.831. The van der Waals surface area contributed by atoms with Gasteiger partial charge in [0.2, 0.25) is 5.91 Å². The average molecular weight is 248 g/mol. The number of hydrogen-bond acceptors (Lipinski definition) is 3. The fourth-order valence-corrected chi connectivity index (χ4v) is 2.58. The highest BCUT2D eigenvalue weighted by Crippen LogP contribution is 2.25. The van der Waals surface area contributed by atoms with Gasteiger partial charge in [-0.05, 0) is 31.7 Å². The van der Waals surface area contributed by atoms with Crippen LogP contribution < -0.4 is 5.32 Å². The van der Waals surface area contributed by atoms with Crippen LogP contribution in [0.3, 0.4) is 0 Å². The van der Waals surface area contributed by atoms with Crippen LogP contribution in [-0.2, 0) is 4.79 Å². The summed E-state index contributed by atoms with van der Waals surface area (Å²) < 4.78 is 0. The van der Waals surface area contributed by atoms with Gasteiger partial charge in [-0.1, -0.05) is 0 Å². The third-order valence-corrected chi connectivity index (χ3v) is 3.86. The topological polar surface area (TPSA) is 61.0 Å². The molecule has 1 aliphatic heterocycles. The molecule has 0 radical (unpaired) electrons. The van der Waals surface area contributed by atoms with Crippen LogP contribution in [0.4, 0.5) is 0 Å². The summed E-state index contributed by atoms with van der Waals surface area (Å²) in [6, 6.07) is 2.61.